The third-order valence-electron chi connectivity index (χ3n) is 9.86. The van der Waals surface area contributed by atoms with Crippen molar-refractivity contribution in [3.8, 4) is 28.5 Å². The number of carbonyl (C=O) groups is 2. The Morgan fingerprint density at radius 2 is 1.86 bits per heavy atom. The molecule has 1 atom stereocenters. The molecule has 1 aromatic heterocycles. The van der Waals surface area contributed by atoms with Crippen molar-refractivity contribution in [1.29, 1.82) is 0 Å². The molecular weight excluding hydrogens is 651 g/mol. The zero-order valence-corrected chi connectivity index (χ0v) is 28.7. The maximum atomic E-state index is 14.4. The van der Waals surface area contributed by atoms with Crippen molar-refractivity contribution < 1.29 is 28.6 Å². The van der Waals surface area contributed by atoms with Crippen LogP contribution in [0, 0.1) is 5.82 Å². The molecule has 0 radical (unpaired) electrons. The average molecular weight is 695 g/mol. The van der Waals surface area contributed by atoms with E-state index >= 15 is 0 Å². The zero-order chi connectivity index (χ0) is 35.3. The zero-order valence-electron chi connectivity index (χ0n) is 28.7. The van der Waals surface area contributed by atoms with Crippen LogP contribution in [0.4, 0.5) is 4.39 Å². The molecule has 0 bridgehead atoms. The summed E-state index contributed by atoms with van der Waals surface area (Å²) < 4.78 is 26.2. The number of aromatic hydroxyl groups is 1. The van der Waals surface area contributed by atoms with Crippen LogP contribution in [0.1, 0.15) is 54.9 Å². The number of aliphatic imine (C=N–C) groups is 1. The topological polar surface area (TPSA) is 129 Å². The molecule has 2 aromatic carbocycles. The number of hydrogen-bond donors (Lipinski definition) is 3. The maximum Gasteiger partial charge on any atom is 0.257 e. The summed E-state index contributed by atoms with van der Waals surface area (Å²) in [6.45, 7) is 6.32. The molecule has 1 saturated heterocycles. The molecule has 266 valence electrons. The molecule has 12 heteroatoms. The van der Waals surface area contributed by atoms with Gasteiger partial charge in [0, 0.05) is 44.0 Å². The first kappa shape index (κ1) is 34.4. The van der Waals surface area contributed by atoms with E-state index in [0.717, 1.165) is 66.6 Å². The molecule has 1 unspecified atom stereocenters. The highest BCUT2D eigenvalue weighted by atomic mass is 19.1. The second-order valence-corrected chi connectivity index (χ2v) is 13.5. The molecule has 4 aliphatic rings. The number of fused-ring (bicyclic) bond motifs is 1. The highest BCUT2D eigenvalue weighted by molar-refractivity contribution is 6.00. The molecule has 7 rings (SSSR count). The van der Waals surface area contributed by atoms with E-state index < -0.39 is 17.8 Å². The minimum Gasteiger partial charge on any atom is -0.508 e. The highest BCUT2D eigenvalue weighted by Gasteiger charge is 2.33. The normalized spacial score (nSPS) is 22.0. The van der Waals surface area contributed by atoms with Gasteiger partial charge in [0.25, 0.3) is 5.91 Å². The summed E-state index contributed by atoms with van der Waals surface area (Å²) in [5, 5.41) is 16.5. The number of allylic oxidation sites excluding steroid dienone is 3. The van der Waals surface area contributed by atoms with Crippen LogP contribution >= 0.6 is 0 Å². The smallest absolute Gasteiger partial charge is 0.257 e. The van der Waals surface area contributed by atoms with Gasteiger partial charge in [-0.15, -0.1) is 0 Å². The number of benzene rings is 2. The minimum atomic E-state index is -0.645. The lowest BCUT2D eigenvalue weighted by Gasteiger charge is -2.30. The Bertz CT molecular complexity index is 1860. The second-order valence-electron chi connectivity index (χ2n) is 13.5. The van der Waals surface area contributed by atoms with Gasteiger partial charge in [-0.3, -0.25) is 19.5 Å². The number of pyridine rings is 1. The van der Waals surface area contributed by atoms with Crippen molar-refractivity contribution in [3.05, 3.63) is 95.6 Å². The fourth-order valence-corrected chi connectivity index (χ4v) is 7.14. The summed E-state index contributed by atoms with van der Waals surface area (Å²) in [6.07, 6.45) is 10.6. The van der Waals surface area contributed by atoms with E-state index in [-0.39, 0.29) is 35.2 Å². The first-order chi connectivity index (χ1) is 24.8. The fourth-order valence-electron chi connectivity index (χ4n) is 7.14. The Labute approximate surface area is 296 Å². The summed E-state index contributed by atoms with van der Waals surface area (Å²) >= 11 is 0. The predicted octanol–water partition coefficient (Wildman–Crippen LogP) is 5.32. The first-order valence-corrected chi connectivity index (χ1v) is 17.7. The molecule has 1 aliphatic carbocycles. The third kappa shape index (κ3) is 8.29. The van der Waals surface area contributed by atoms with Crippen LogP contribution < -0.4 is 15.4 Å². The quantitative estimate of drug-likeness (QED) is 0.275. The number of phenols is 1. The first-order valence-electron chi connectivity index (χ1n) is 17.7. The van der Waals surface area contributed by atoms with Crippen molar-refractivity contribution >= 4 is 17.6 Å². The van der Waals surface area contributed by atoms with E-state index in [0.29, 0.717) is 51.1 Å². The lowest BCUT2D eigenvalue weighted by atomic mass is 9.90. The molecule has 11 nitrogen and oxygen atoms in total. The molecular formula is C39H43FN6O5. The molecule has 3 N–H and O–H groups in total. The van der Waals surface area contributed by atoms with Gasteiger partial charge in [0.2, 0.25) is 11.8 Å². The summed E-state index contributed by atoms with van der Waals surface area (Å²) in [5.74, 6) is 0.229. The number of phenolic OH excluding ortho intramolecular Hbond substituents is 1. The Morgan fingerprint density at radius 1 is 1.04 bits per heavy atom. The molecule has 3 aliphatic heterocycles. The molecule has 2 amide bonds. The van der Waals surface area contributed by atoms with Crippen LogP contribution in [0.15, 0.2) is 83.6 Å². The highest BCUT2D eigenvalue weighted by Crippen LogP contribution is 2.33. The van der Waals surface area contributed by atoms with Crippen LogP contribution in [0.2, 0.25) is 0 Å². The van der Waals surface area contributed by atoms with Crippen LogP contribution in [0.3, 0.4) is 0 Å². The largest absolute Gasteiger partial charge is 0.508 e. The van der Waals surface area contributed by atoms with Crippen molar-refractivity contribution in [3.63, 3.8) is 0 Å². The van der Waals surface area contributed by atoms with E-state index in [2.05, 4.69) is 25.5 Å². The van der Waals surface area contributed by atoms with E-state index in [4.69, 9.17) is 9.47 Å². The molecule has 4 heterocycles. The molecule has 0 spiro atoms. The number of amides is 2. The molecule has 51 heavy (non-hydrogen) atoms. The summed E-state index contributed by atoms with van der Waals surface area (Å²) in [6, 6.07) is 13.3. The van der Waals surface area contributed by atoms with Gasteiger partial charge >= 0.3 is 0 Å². The van der Waals surface area contributed by atoms with Crippen LogP contribution in [0.5, 0.6) is 17.4 Å². The van der Waals surface area contributed by atoms with Gasteiger partial charge in [0.15, 0.2) is 0 Å². The summed E-state index contributed by atoms with van der Waals surface area (Å²) in [7, 11) is 0. The van der Waals surface area contributed by atoms with Crippen molar-refractivity contribution in [2.45, 2.75) is 63.7 Å². The molecule has 3 aromatic rings. The Balaban J connectivity index is 0.977. The van der Waals surface area contributed by atoms with Gasteiger partial charge in [0.05, 0.1) is 19.3 Å². The van der Waals surface area contributed by atoms with Crippen LogP contribution in [-0.4, -0.2) is 88.5 Å². The number of carbonyl (C=O) groups excluding carboxylic acids is 2. The van der Waals surface area contributed by atoms with Crippen LogP contribution in [-0.2, 0) is 16.1 Å². The lowest BCUT2D eigenvalue weighted by Crippen LogP contribution is -2.47. The van der Waals surface area contributed by atoms with Crippen molar-refractivity contribution in [2.24, 2.45) is 4.99 Å². The van der Waals surface area contributed by atoms with E-state index in [9.17, 15) is 19.1 Å². The van der Waals surface area contributed by atoms with Crippen LogP contribution in [0.25, 0.3) is 11.1 Å². The second kappa shape index (κ2) is 15.4. The Hall–Kier alpha value is -5.07. The fraction of sp³-hybridized carbons (Fsp3) is 0.385. The summed E-state index contributed by atoms with van der Waals surface area (Å²) in [5.41, 5.74) is 3.84. The standard InChI is InChI=1S/C39H43FN6O5/c1-25-5-2-8-36-44-35(24-46(25)36)38(49)43-30-11-9-29(10-12-30)42-37(48)34-21-28(40)22-41-39(34)51-32-7-3-6-26(20-32)33-14-13-31(47)19-27(33)23-45-15-4-17-50-18-16-45/h2-3,5-8,13-14,19-22,29-30,35,47H,4,9-12,15-18,23-24H2,1H3,(H,42,48)(H,43,49)/t29-,30+,35?. The Morgan fingerprint density at radius 3 is 2.69 bits per heavy atom. The number of ether oxygens (including phenoxy) is 2. The van der Waals surface area contributed by atoms with E-state index in [1.807, 2.05) is 54.3 Å². The summed E-state index contributed by atoms with van der Waals surface area (Å²) in [4.78, 5) is 39.6. The van der Waals surface area contributed by atoms with Gasteiger partial charge in [-0.1, -0.05) is 24.3 Å². The lowest BCUT2D eigenvalue weighted by molar-refractivity contribution is -0.123. The van der Waals surface area contributed by atoms with E-state index in [1.165, 1.54) is 0 Å². The van der Waals surface area contributed by atoms with Gasteiger partial charge < -0.3 is 30.1 Å². The Kier molecular flexibility index (Phi) is 10.4. The number of aromatic nitrogens is 1. The van der Waals surface area contributed by atoms with Gasteiger partial charge in [0.1, 0.15) is 34.8 Å². The average Bonchev–Trinajstić information content (AvgIpc) is 3.42. The molecule has 2 fully saturated rings. The number of halogens is 1. The predicted molar refractivity (Wildman–Crippen MR) is 191 cm³/mol. The van der Waals surface area contributed by atoms with Gasteiger partial charge in [-0.05, 0) is 98.2 Å². The van der Waals surface area contributed by atoms with Gasteiger partial charge in [-0.2, -0.15) is 0 Å². The SMILES string of the molecule is CC1=CC=CC2=NC(C(=O)N[C@H]3CC[C@@H](NC(=O)c4cc(F)cnc4Oc4cccc(-c5ccc(O)cc5CN5CCCOCC5)c4)CC3)CN12. The minimum absolute atomic E-state index is 0.000242. The number of nitrogens with zero attached hydrogens (tertiary/aromatic N) is 4. The van der Waals surface area contributed by atoms with Gasteiger partial charge in [-0.25, -0.2) is 9.37 Å². The monoisotopic (exact) mass is 694 g/mol. The van der Waals surface area contributed by atoms with E-state index in [1.54, 1.807) is 18.2 Å². The third-order valence-corrected chi connectivity index (χ3v) is 9.86. The number of hydrogen-bond acceptors (Lipinski definition) is 9. The van der Waals surface area contributed by atoms with Crippen molar-refractivity contribution in [1.82, 2.24) is 25.4 Å². The number of rotatable bonds is 9. The number of amidine groups is 1. The van der Waals surface area contributed by atoms with Crippen molar-refractivity contribution in [2.75, 3.05) is 32.8 Å². The number of nitrogens with one attached hydrogen (secondary N) is 2. The molecule has 1 saturated carbocycles. The maximum absolute atomic E-state index is 14.4.